The highest BCUT2D eigenvalue weighted by molar-refractivity contribution is 7.92. The van der Waals surface area contributed by atoms with E-state index in [2.05, 4.69) is 5.32 Å². The molecular formula is C35H39N3O6S. The van der Waals surface area contributed by atoms with E-state index in [1.165, 1.54) is 24.1 Å². The van der Waals surface area contributed by atoms with Crippen LogP contribution in [0.25, 0.3) is 0 Å². The summed E-state index contributed by atoms with van der Waals surface area (Å²) in [5.74, 6) is 0.218. The number of carbonyl (C=O) groups is 2. The highest BCUT2D eigenvalue weighted by Gasteiger charge is 2.34. The summed E-state index contributed by atoms with van der Waals surface area (Å²) in [6.07, 6.45) is 0.229. The number of likely N-dealkylation sites (N-methyl/N-ethyl adjacent to an activating group) is 1. The van der Waals surface area contributed by atoms with Crippen molar-refractivity contribution in [3.63, 3.8) is 0 Å². The molecule has 0 aliphatic rings. The minimum absolute atomic E-state index is 0.00538. The molecule has 236 valence electrons. The first-order chi connectivity index (χ1) is 21.7. The van der Waals surface area contributed by atoms with Gasteiger partial charge in [0, 0.05) is 20.0 Å². The summed E-state index contributed by atoms with van der Waals surface area (Å²) in [6.45, 7) is 3.69. The number of sulfonamides is 1. The zero-order valence-corrected chi connectivity index (χ0v) is 26.8. The van der Waals surface area contributed by atoms with Crippen LogP contribution in [0.1, 0.15) is 23.6 Å². The summed E-state index contributed by atoms with van der Waals surface area (Å²) >= 11 is 0. The average molecular weight is 630 g/mol. The van der Waals surface area contributed by atoms with Gasteiger partial charge in [-0.25, -0.2) is 8.42 Å². The molecule has 0 heterocycles. The van der Waals surface area contributed by atoms with E-state index >= 15 is 0 Å². The van der Waals surface area contributed by atoms with Gasteiger partial charge in [-0.3, -0.25) is 13.9 Å². The first kappa shape index (κ1) is 33.1. The first-order valence-electron chi connectivity index (χ1n) is 14.7. The predicted molar refractivity (Wildman–Crippen MR) is 175 cm³/mol. The maximum absolute atomic E-state index is 14.4. The van der Waals surface area contributed by atoms with E-state index in [1.54, 1.807) is 61.7 Å². The summed E-state index contributed by atoms with van der Waals surface area (Å²) in [6, 6.07) is 28.7. The van der Waals surface area contributed by atoms with E-state index in [-0.39, 0.29) is 23.8 Å². The van der Waals surface area contributed by atoms with Crippen molar-refractivity contribution in [3.05, 3.63) is 120 Å². The number of nitrogens with one attached hydrogen (secondary N) is 1. The molecule has 0 radical (unpaired) electrons. The number of hydrogen-bond acceptors (Lipinski definition) is 6. The van der Waals surface area contributed by atoms with Crippen molar-refractivity contribution in [1.82, 2.24) is 10.2 Å². The van der Waals surface area contributed by atoms with Crippen LogP contribution in [0, 0.1) is 6.92 Å². The Hall–Kier alpha value is -4.83. The second kappa shape index (κ2) is 15.3. The van der Waals surface area contributed by atoms with Gasteiger partial charge in [-0.15, -0.1) is 0 Å². The lowest BCUT2D eigenvalue weighted by atomic mass is 10.0. The van der Waals surface area contributed by atoms with Gasteiger partial charge >= 0.3 is 0 Å². The van der Waals surface area contributed by atoms with Gasteiger partial charge in [0.2, 0.25) is 11.8 Å². The molecule has 4 rings (SSSR count). The number of hydrogen-bond donors (Lipinski definition) is 1. The molecule has 2 amide bonds. The molecule has 45 heavy (non-hydrogen) atoms. The van der Waals surface area contributed by atoms with E-state index in [1.807, 2.05) is 50.2 Å². The molecule has 4 aromatic rings. The van der Waals surface area contributed by atoms with Crippen LogP contribution in [-0.4, -0.2) is 58.5 Å². The van der Waals surface area contributed by atoms with Crippen LogP contribution >= 0.6 is 0 Å². The third-order valence-corrected chi connectivity index (χ3v) is 9.12. The number of nitrogens with zero attached hydrogens (tertiary/aromatic N) is 2. The van der Waals surface area contributed by atoms with E-state index < -0.39 is 28.5 Å². The van der Waals surface area contributed by atoms with Crippen LogP contribution in [0.3, 0.4) is 0 Å². The Morgan fingerprint density at radius 1 is 0.844 bits per heavy atom. The fraction of sp³-hybridized carbons (Fsp3) is 0.257. The second-order valence-electron chi connectivity index (χ2n) is 10.4. The number of benzene rings is 4. The van der Waals surface area contributed by atoms with Crippen molar-refractivity contribution in [2.75, 3.05) is 31.6 Å². The molecule has 0 aliphatic carbocycles. The third kappa shape index (κ3) is 8.42. The Bertz CT molecular complexity index is 1680. The smallest absolute Gasteiger partial charge is 0.264 e. The van der Waals surface area contributed by atoms with Crippen LogP contribution in [0.2, 0.25) is 0 Å². The molecule has 10 heteroatoms. The number of methoxy groups -OCH3 is 1. The summed E-state index contributed by atoms with van der Waals surface area (Å²) in [5.41, 5.74) is 2.84. The van der Waals surface area contributed by atoms with Crippen LogP contribution < -0.4 is 19.1 Å². The van der Waals surface area contributed by atoms with Crippen molar-refractivity contribution >= 4 is 27.5 Å². The summed E-state index contributed by atoms with van der Waals surface area (Å²) in [7, 11) is -1.14. The molecule has 1 atom stereocenters. The van der Waals surface area contributed by atoms with E-state index in [0.717, 1.165) is 21.0 Å². The Morgan fingerprint density at radius 3 is 2.13 bits per heavy atom. The maximum atomic E-state index is 14.4. The van der Waals surface area contributed by atoms with E-state index in [0.29, 0.717) is 23.8 Å². The Labute approximate surface area is 265 Å². The van der Waals surface area contributed by atoms with Gasteiger partial charge in [0.25, 0.3) is 10.0 Å². The number of ether oxygens (including phenoxy) is 2. The fourth-order valence-corrected chi connectivity index (χ4v) is 6.34. The molecule has 0 fully saturated rings. The lowest BCUT2D eigenvalue weighted by Gasteiger charge is -2.33. The number of rotatable bonds is 14. The summed E-state index contributed by atoms with van der Waals surface area (Å²) in [4.78, 5) is 29.3. The molecule has 0 saturated heterocycles. The average Bonchev–Trinajstić information content (AvgIpc) is 3.06. The number of aryl methyl sites for hydroxylation is 1. The minimum atomic E-state index is -4.21. The van der Waals surface area contributed by atoms with Gasteiger partial charge in [-0.2, -0.15) is 0 Å². The SMILES string of the molecule is CCOc1ccc(S(=O)(=O)N(CC(=O)N(Cc2cccc(OC)c2)C(Cc2ccccc2)C(=O)NC)c2ccc(C)cc2)cc1. The summed E-state index contributed by atoms with van der Waals surface area (Å²) < 4.78 is 40.3. The standard InChI is InChI=1S/C35H39N3O6S/c1-5-44-30-18-20-32(21-19-30)45(41,42)38(29-16-14-26(2)15-17-29)25-34(39)37(24-28-12-9-13-31(22-28)43-4)33(35(40)36-3)23-27-10-7-6-8-11-27/h6-22,33H,5,23-25H2,1-4H3,(H,36,40). The van der Waals surface area contributed by atoms with Gasteiger partial charge in [0.15, 0.2) is 0 Å². The van der Waals surface area contributed by atoms with Crippen molar-refractivity contribution in [1.29, 1.82) is 0 Å². The molecule has 0 aromatic heterocycles. The number of anilines is 1. The quantitative estimate of drug-likeness (QED) is 0.211. The molecule has 0 spiro atoms. The highest BCUT2D eigenvalue weighted by atomic mass is 32.2. The predicted octanol–water partition coefficient (Wildman–Crippen LogP) is 4.98. The van der Waals surface area contributed by atoms with Crippen LogP contribution in [0.5, 0.6) is 11.5 Å². The van der Waals surface area contributed by atoms with Gasteiger partial charge < -0.3 is 19.7 Å². The molecule has 1 unspecified atom stereocenters. The first-order valence-corrected chi connectivity index (χ1v) is 16.1. The zero-order chi connectivity index (χ0) is 32.4. The normalized spacial score (nSPS) is 11.7. The van der Waals surface area contributed by atoms with Crippen molar-refractivity contribution in [3.8, 4) is 11.5 Å². The zero-order valence-electron chi connectivity index (χ0n) is 26.0. The Balaban J connectivity index is 1.78. The fourth-order valence-electron chi connectivity index (χ4n) is 4.93. The Morgan fingerprint density at radius 2 is 1.51 bits per heavy atom. The minimum Gasteiger partial charge on any atom is -0.497 e. The van der Waals surface area contributed by atoms with Gasteiger partial charge in [-0.1, -0.05) is 60.2 Å². The molecule has 1 N–H and O–H groups in total. The third-order valence-electron chi connectivity index (χ3n) is 7.33. The van der Waals surface area contributed by atoms with Crippen molar-refractivity contribution < 1.29 is 27.5 Å². The number of amides is 2. The molecule has 0 aliphatic heterocycles. The van der Waals surface area contributed by atoms with Gasteiger partial charge in [0.1, 0.15) is 24.1 Å². The van der Waals surface area contributed by atoms with Crippen molar-refractivity contribution in [2.24, 2.45) is 0 Å². The van der Waals surface area contributed by atoms with Crippen LogP contribution in [-0.2, 0) is 32.6 Å². The van der Waals surface area contributed by atoms with Crippen LogP contribution in [0.4, 0.5) is 5.69 Å². The number of carbonyl (C=O) groups excluding carboxylic acids is 2. The second-order valence-corrected chi connectivity index (χ2v) is 12.3. The topological polar surface area (TPSA) is 105 Å². The monoisotopic (exact) mass is 629 g/mol. The van der Waals surface area contributed by atoms with Crippen LogP contribution in [0.15, 0.2) is 108 Å². The molecule has 0 saturated carbocycles. The van der Waals surface area contributed by atoms with Crippen molar-refractivity contribution in [2.45, 2.75) is 37.8 Å². The summed E-state index contributed by atoms with van der Waals surface area (Å²) in [5, 5.41) is 2.69. The molecule has 4 aromatic carbocycles. The van der Waals surface area contributed by atoms with E-state index in [4.69, 9.17) is 9.47 Å². The largest absolute Gasteiger partial charge is 0.497 e. The molecule has 0 bridgehead atoms. The van der Waals surface area contributed by atoms with Gasteiger partial charge in [0.05, 0.1) is 24.3 Å². The highest BCUT2D eigenvalue weighted by Crippen LogP contribution is 2.27. The Kier molecular flexibility index (Phi) is 11.2. The lowest BCUT2D eigenvalue weighted by Crippen LogP contribution is -2.53. The molecule has 9 nitrogen and oxygen atoms in total. The van der Waals surface area contributed by atoms with Gasteiger partial charge in [-0.05, 0) is 73.5 Å². The lowest BCUT2D eigenvalue weighted by molar-refractivity contribution is -0.139. The van der Waals surface area contributed by atoms with E-state index in [9.17, 15) is 18.0 Å². The molecular weight excluding hydrogens is 590 g/mol. The maximum Gasteiger partial charge on any atom is 0.264 e.